The van der Waals surface area contributed by atoms with Gasteiger partial charge in [-0.25, -0.2) is 4.98 Å². The van der Waals surface area contributed by atoms with E-state index in [1.165, 1.54) is 16.7 Å². The second-order valence-electron chi connectivity index (χ2n) is 8.13. The first-order chi connectivity index (χ1) is 14.7. The monoisotopic (exact) mass is 398 g/mol. The summed E-state index contributed by atoms with van der Waals surface area (Å²) in [5.74, 6) is 0. The molecule has 1 aromatic carbocycles. The van der Waals surface area contributed by atoms with Gasteiger partial charge in [-0.2, -0.15) is 0 Å². The van der Waals surface area contributed by atoms with E-state index < -0.39 is 0 Å². The van der Waals surface area contributed by atoms with Gasteiger partial charge in [0.05, 0.1) is 18.0 Å². The van der Waals surface area contributed by atoms with Crippen molar-refractivity contribution in [1.82, 2.24) is 19.3 Å². The molecule has 4 heterocycles. The normalized spacial score (nSPS) is 17.5. The van der Waals surface area contributed by atoms with Crippen molar-refractivity contribution in [3.8, 4) is 11.3 Å². The molecule has 0 unspecified atom stereocenters. The van der Waals surface area contributed by atoms with Crippen LogP contribution in [0.15, 0.2) is 67.1 Å². The fourth-order valence-corrected chi connectivity index (χ4v) is 4.39. The quantitative estimate of drug-likeness (QED) is 0.504. The zero-order chi connectivity index (χ0) is 20.5. The Labute approximate surface area is 177 Å². The van der Waals surface area contributed by atoms with Crippen molar-refractivity contribution in [2.45, 2.75) is 26.5 Å². The van der Waals surface area contributed by atoms with Gasteiger partial charge < -0.3 is 4.74 Å². The SMILES string of the molecule is Cc1cc(C)cc(CN2CCO[C@@H](c3cn4c(-c5ccncc5)cccc4n3)C2)c1. The van der Waals surface area contributed by atoms with Gasteiger partial charge in [0.15, 0.2) is 0 Å². The number of morpholine rings is 1. The fourth-order valence-electron chi connectivity index (χ4n) is 4.39. The maximum Gasteiger partial charge on any atom is 0.137 e. The summed E-state index contributed by atoms with van der Waals surface area (Å²) in [4.78, 5) is 11.5. The molecular formula is C25H26N4O. The van der Waals surface area contributed by atoms with Gasteiger partial charge in [-0.15, -0.1) is 0 Å². The molecule has 152 valence electrons. The molecule has 5 rings (SSSR count). The summed E-state index contributed by atoms with van der Waals surface area (Å²) in [7, 11) is 0. The minimum Gasteiger partial charge on any atom is -0.369 e. The Bertz CT molecular complexity index is 1150. The van der Waals surface area contributed by atoms with Gasteiger partial charge >= 0.3 is 0 Å². The average Bonchev–Trinajstić information content (AvgIpc) is 3.18. The van der Waals surface area contributed by atoms with E-state index in [0.29, 0.717) is 0 Å². The Kier molecular flexibility index (Phi) is 5.07. The number of nitrogens with zero attached hydrogens (tertiary/aromatic N) is 4. The molecule has 0 saturated carbocycles. The molecule has 0 bridgehead atoms. The van der Waals surface area contributed by atoms with Crippen LogP contribution in [0, 0.1) is 13.8 Å². The van der Waals surface area contributed by atoms with Gasteiger partial charge in [0.1, 0.15) is 11.8 Å². The third-order valence-electron chi connectivity index (χ3n) is 5.65. The molecule has 5 nitrogen and oxygen atoms in total. The standard InChI is InChI=1S/C25H26N4O/c1-18-12-19(2)14-20(13-18)15-28-10-11-30-24(17-28)22-16-29-23(4-3-5-25(29)27-22)21-6-8-26-9-7-21/h3-9,12-14,16,24H,10-11,15,17H2,1-2H3/t24-/m1/s1. The smallest absolute Gasteiger partial charge is 0.137 e. The largest absolute Gasteiger partial charge is 0.369 e. The lowest BCUT2D eigenvalue weighted by Crippen LogP contribution is -2.38. The Morgan fingerprint density at radius 3 is 2.63 bits per heavy atom. The molecule has 0 radical (unpaired) electrons. The van der Waals surface area contributed by atoms with E-state index >= 15 is 0 Å². The predicted octanol–water partition coefficient (Wildman–Crippen LogP) is 4.59. The minimum atomic E-state index is -0.0187. The first kappa shape index (κ1) is 19.0. The summed E-state index contributed by atoms with van der Waals surface area (Å²) in [6, 6.07) is 17.0. The van der Waals surface area contributed by atoms with E-state index in [1.807, 2.05) is 30.6 Å². The van der Waals surface area contributed by atoms with Crippen molar-refractivity contribution in [3.63, 3.8) is 0 Å². The van der Waals surface area contributed by atoms with E-state index in [2.05, 4.69) is 64.7 Å². The molecule has 1 aliphatic heterocycles. The number of pyridine rings is 2. The van der Waals surface area contributed by atoms with Crippen LogP contribution in [-0.2, 0) is 11.3 Å². The zero-order valence-corrected chi connectivity index (χ0v) is 17.5. The van der Waals surface area contributed by atoms with Crippen LogP contribution in [0.5, 0.6) is 0 Å². The number of aromatic nitrogens is 3. The fraction of sp³-hybridized carbons (Fsp3) is 0.280. The zero-order valence-electron chi connectivity index (χ0n) is 17.5. The van der Waals surface area contributed by atoms with Crippen molar-refractivity contribution in [2.24, 2.45) is 0 Å². The summed E-state index contributed by atoms with van der Waals surface area (Å²) in [6.07, 6.45) is 5.74. The van der Waals surface area contributed by atoms with Crippen LogP contribution in [0.1, 0.15) is 28.5 Å². The molecular weight excluding hydrogens is 372 g/mol. The molecule has 0 aliphatic carbocycles. The number of benzene rings is 1. The molecule has 0 spiro atoms. The van der Waals surface area contributed by atoms with Crippen LogP contribution >= 0.6 is 0 Å². The van der Waals surface area contributed by atoms with Crippen LogP contribution in [-0.4, -0.2) is 39.0 Å². The number of imidazole rings is 1. The molecule has 1 aliphatic rings. The summed E-state index contributed by atoms with van der Waals surface area (Å²) in [5, 5.41) is 0. The molecule has 1 atom stereocenters. The third kappa shape index (κ3) is 3.86. The maximum absolute atomic E-state index is 6.13. The Morgan fingerprint density at radius 2 is 1.83 bits per heavy atom. The lowest BCUT2D eigenvalue weighted by atomic mass is 10.1. The highest BCUT2D eigenvalue weighted by molar-refractivity contribution is 5.63. The van der Waals surface area contributed by atoms with Gasteiger partial charge in [-0.1, -0.05) is 35.4 Å². The summed E-state index contributed by atoms with van der Waals surface area (Å²) >= 11 is 0. The van der Waals surface area contributed by atoms with E-state index in [-0.39, 0.29) is 6.10 Å². The van der Waals surface area contributed by atoms with E-state index in [9.17, 15) is 0 Å². The number of hydrogen-bond donors (Lipinski definition) is 0. The number of ether oxygens (including phenoxy) is 1. The van der Waals surface area contributed by atoms with Gasteiger partial charge in [0.25, 0.3) is 0 Å². The summed E-state index contributed by atoms with van der Waals surface area (Å²) < 4.78 is 8.28. The second kappa shape index (κ2) is 8.01. The number of hydrogen-bond acceptors (Lipinski definition) is 4. The average molecular weight is 399 g/mol. The van der Waals surface area contributed by atoms with Crippen molar-refractivity contribution >= 4 is 5.65 Å². The predicted molar refractivity (Wildman–Crippen MR) is 118 cm³/mol. The van der Waals surface area contributed by atoms with Crippen LogP contribution in [0.2, 0.25) is 0 Å². The van der Waals surface area contributed by atoms with Crippen molar-refractivity contribution in [2.75, 3.05) is 19.7 Å². The first-order valence-corrected chi connectivity index (χ1v) is 10.5. The van der Waals surface area contributed by atoms with Gasteiger partial charge in [0, 0.05) is 43.8 Å². The summed E-state index contributed by atoms with van der Waals surface area (Å²) in [5.41, 5.74) is 8.16. The Hall–Kier alpha value is -3.02. The number of aryl methyl sites for hydroxylation is 2. The molecule has 4 aromatic rings. The van der Waals surface area contributed by atoms with E-state index in [1.54, 1.807) is 0 Å². The van der Waals surface area contributed by atoms with Crippen LogP contribution in [0.25, 0.3) is 16.9 Å². The second-order valence-corrected chi connectivity index (χ2v) is 8.13. The van der Waals surface area contributed by atoms with Gasteiger partial charge in [-0.3, -0.25) is 14.3 Å². The van der Waals surface area contributed by atoms with Gasteiger partial charge in [-0.05, 0) is 43.7 Å². The number of fused-ring (bicyclic) bond motifs is 1. The molecule has 0 N–H and O–H groups in total. The third-order valence-corrected chi connectivity index (χ3v) is 5.65. The van der Waals surface area contributed by atoms with Gasteiger partial charge in [0.2, 0.25) is 0 Å². The minimum absolute atomic E-state index is 0.0187. The highest BCUT2D eigenvalue weighted by Gasteiger charge is 2.24. The van der Waals surface area contributed by atoms with E-state index in [4.69, 9.17) is 9.72 Å². The van der Waals surface area contributed by atoms with Crippen LogP contribution < -0.4 is 0 Å². The van der Waals surface area contributed by atoms with Crippen molar-refractivity contribution in [3.05, 3.63) is 89.5 Å². The molecule has 1 fully saturated rings. The Balaban J connectivity index is 1.40. The summed E-state index contributed by atoms with van der Waals surface area (Å²) in [6.45, 7) is 7.78. The molecule has 0 amide bonds. The molecule has 1 saturated heterocycles. The van der Waals surface area contributed by atoms with Crippen LogP contribution in [0.3, 0.4) is 0 Å². The first-order valence-electron chi connectivity index (χ1n) is 10.5. The lowest BCUT2D eigenvalue weighted by molar-refractivity contribution is -0.0347. The maximum atomic E-state index is 6.13. The molecule has 5 heteroatoms. The van der Waals surface area contributed by atoms with Crippen molar-refractivity contribution in [1.29, 1.82) is 0 Å². The highest BCUT2D eigenvalue weighted by atomic mass is 16.5. The Morgan fingerprint density at radius 1 is 1.03 bits per heavy atom. The molecule has 30 heavy (non-hydrogen) atoms. The topological polar surface area (TPSA) is 42.7 Å². The molecule has 3 aromatic heterocycles. The van der Waals surface area contributed by atoms with Crippen molar-refractivity contribution < 1.29 is 4.74 Å². The lowest BCUT2D eigenvalue weighted by Gasteiger charge is -2.32. The van der Waals surface area contributed by atoms with Crippen LogP contribution in [0.4, 0.5) is 0 Å². The van der Waals surface area contributed by atoms with E-state index in [0.717, 1.165) is 48.8 Å². The highest BCUT2D eigenvalue weighted by Crippen LogP contribution is 2.26. The number of rotatable bonds is 4.